The highest BCUT2D eigenvalue weighted by molar-refractivity contribution is 7.99. The lowest BCUT2D eigenvalue weighted by Gasteiger charge is -2.15. The van der Waals surface area contributed by atoms with E-state index < -0.39 is 0 Å². The highest BCUT2D eigenvalue weighted by atomic mass is 35.5. The molecule has 0 aliphatic heterocycles. The molecule has 0 saturated heterocycles. The van der Waals surface area contributed by atoms with Crippen molar-refractivity contribution in [2.75, 3.05) is 12.3 Å². The molecule has 1 aromatic carbocycles. The lowest BCUT2D eigenvalue weighted by atomic mass is 9.99. The first-order chi connectivity index (χ1) is 10.2. The second kappa shape index (κ2) is 11.0. The van der Waals surface area contributed by atoms with Gasteiger partial charge in [-0.15, -0.1) is 11.8 Å². The summed E-state index contributed by atoms with van der Waals surface area (Å²) < 4.78 is 0. The van der Waals surface area contributed by atoms with Crippen LogP contribution in [0.25, 0.3) is 0 Å². The van der Waals surface area contributed by atoms with Crippen LogP contribution in [0.3, 0.4) is 0 Å². The molecule has 0 spiro atoms. The Labute approximate surface area is 138 Å². The van der Waals surface area contributed by atoms with E-state index in [-0.39, 0.29) is 5.91 Å². The Morgan fingerprint density at radius 3 is 2.62 bits per heavy atom. The lowest BCUT2D eigenvalue weighted by Crippen LogP contribution is -2.30. The minimum absolute atomic E-state index is 0.143. The third-order valence-corrected chi connectivity index (χ3v) is 4.80. The number of unbranched alkanes of at least 4 members (excludes halogenated alkanes) is 1. The summed E-state index contributed by atoms with van der Waals surface area (Å²) in [6.45, 7) is 5.22. The van der Waals surface area contributed by atoms with Gasteiger partial charge < -0.3 is 5.32 Å². The molecular weight excluding hydrogens is 302 g/mol. The number of rotatable bonds is 10. The third kappa shape index (κ3) is 8.37. The van der Waals surface area contributed by atoms with Gasteiger partial charge in [-0.1, -0.05) is 56.8 Å². The molecule has 1 aromatic rings. The maximum absolute atomic E-state index is 11.8. The van der Waals surface area contributed by atoms with E-state index in [1.54, 1.807) is 11.8 Å². The lowest BCUT2D eigenvalue weighted by molar-refractivity contribution is -0.118. The summed E-state index contributed by atoms with van der Waals surface area (Å²) in [7, 11) is 0. The van der Waals surface area contributed by atoms with Crippen LogP contribution >= 0.6 is 23.4 Å². The van der Waals surface area contributed by atoms with Crippen LogP contribution in [0.2, 0.25) is 5.02 Å². The SMILES string of the molecule is CCCCC(CC)CNC(=O)CSCc1ccc(Cl)cc1. The fraction of sp³-hybridized carbons (Fsp3) is 0.588. The third-order valence-electron chi connectivity index (χ3n) is 3.55. The quantitative estimate of drug-likeness (QED) is 0.661. The molecule has 0 aromatic heterocycles. The number of benzene rings is 1. The molecule has 0 fully saturated rings. The van der Waals surface area contributed by atoms with Crippen molar-refractivity contribution < 1.29 is 4.79 Å². The molecule has 1 amide bonds. The van der Waals surface area contributed by atoms with E-state index in [2.05, 4.69) is 19.2 Å². The summed E-state index contributed by atoms with van der Waals surface area (Å²) >= 11 is 7.49. The van der Waals surface area contributed by atoms with Crippen LogP contribution in [0, 0.1) is 5.92 Å². The largest absolute Gasteiger partial charge is 0.355 e. The number of hydrogen-bond donors (Lipinski definition) is 1. The number of nitrogens with one attached hydrogen (secondary N) is 1. The molecule has 0 aliphatic rings. The van der Waals surface area contributed by atoms with E-state index in [1.165, 1.54) is 24.8 Å². The summed E-state index contributed by atoms with van der Waals surface area (Å²) in [4.78, 5) is 11.8. The van der Waals surface area contributed by atoms with Crippen LogP contribution in [-0.2, 0) is 10.5 Å². The standard InChI is InChI=1S/C17H26ClNOS/c1-3-5-6-14(4-2)11-19-17(20)13-21-12-15-7-9-16(18)10-8-15/h7-10,14H,3-6,11-13H2,1-2H3,(H,19,20). The minimum Gasteiger partial charge on any atom is -0.355 e. The zero-order valence-corrected chi connectivity index (χ0v) is 14.6. The van der Waals surface area contributed by atoms with Gasteiger partial charge >= 0.3 is 0 Å². The van der Waals surface area contributed by atoms with Gasteiger partial charge in [-0.05, 0) is 30.0 Å². The molecule has 0 aliphatic carbocycles. The Kier molecular flexibility index (Phi) is 9.60. The average Bonchev–Trinajstić information content (AvgIpc) is 2.49. The van der Waals surface area contributed by atoms with E-state index in [1.807, 2.05) is 24.3 Å². The first-order valence-corrected chi connectivity index (χ1v) is 9.27. The van der Waals surface area contributed by atoms with Crippen LogP contribution < -0.4 is 5.32 Å². The zero-order chi connectivity index (χ0) is 15.5. The zero-order valence-electron chi connectivity index (χ0n) is 13.0. The monoisotopic (exact) mass is 327 g/mol. The van der Waals surface area contributed by atoms with Crippen molar-refractivity contribution in [2.45, 2.75) is 45.3 Å². The molecule has 0 heterocycles. The van der Waals surface area contributed by atoms with Crippen LogP contribution in [0.4, 0.5) is 0 Å². The molecule has 0 bridgehead atoms. The summed E-state index contributed by atoms with van der Waals surface area (Å²) in [6, 6.07) is 7.78. The normalized spacial score (nSPS) is 12.1. The van der Waals surface area contributed by atoms with E-state index in [0.29, 0.717) is 11.7 Å². The van der Waals surface area contributed by atoms with Crippen molar-refractivity contribution in [3.05, 3.63) is 34.9 Å². The number of thioether (sulfide) groups is 1. The number of amides is 1. The van der Waals surface area contributed by atoms with E-state index in [9.17, 15) is 4.79 Å². The summed E-state index contributed by atoms with van der Waals surface area (Å²) in [5.41, 5.74) is 1.20. The second-order valence-corrected chi connectivity index (χ2v) is 6.76. The Bertz CT molecular complexity index is 408. The first-order valence-electron chi connectivity index (χ1n) is 7.74. The smallest absolute Gasteiger partial charge is 0.230 e. The summed E-state index contributed by atoms with van der Waals surface area (Å²) in [5, 5.41) is 3.81. The van der Waals surface area contributed by atoms with Gasteiger partial charge in [0, 0.05) is 17.3 Å². The van der Waals surface area contributed by atoms with E-state index >= 15 is 0 Å². The second-order valence-electron chi connectivity index (χ2n) is 5.34. The number of carbonyl (C=O) groups is 1. The molecule has 2 nitrogen and oxygen atoms in total. The Hall–Kier alpha value is -0.670. The Morgan fingerprint density at radius 2 is 2.00 bits per heavy atom. The highest BCUT2D eigenvalue weighted by Crippen LogP contribution is 2.15. The predicted molar refractivity (Wildman–Crippen MR) is 93.9 cm³/mol. The van der Waals surface area contributed by atoms with Gasteiger partial charge in [-0.2, -0.15) is 0 Å². The molecule has 1 N–H and O–H groups in total. The molecule has 21 heavy (non-hydrogen) atoms. The average molecular weight is 328 g/mol. The van der Waals surface area contributed by atoms with E-state index in [0.717, 1.165) is 23.7 Å². The van der Waals surface area contributed by atoms with Crippen molar-refractivity contribution in [1.82, 2.24) is 5.32 Å². The minimum atomic E-state index is 0.143. The van der Waals surface area contributed by atoms with Crippen molar-refractivity contribution in [2.24, 2.45) is 5.92 Å². The topological polar surface area (TPSA) is 29.1 Å². The van der Waals surface area contributed by atoms with Gasteiger partial charge in [0.25, 0.3) is 0 Å². The fourth-order valence-electron chi connectivity index (χ4n) is 2.09. The molecule has 1 rings (SSSR count). The molecule has 4 heteroatoms. The van der Waals surface area contributed by atoms with Gasteiger partial charge in [0.05, 0.1) is 5.75 Å². The fourth-order valence-corrected chi connectivity index (χ4v) is 3.04. The molecule has 118 valence electrons. The van der Waals surface area contributed by atoms with Crippen LogP contribution in [0.1, 0.15) is 45.1 Å². The number of halogens is 1. The van der Waals surface area contributed by atoms with Crippen molar-refractivity contribution in [3.8, 4) is 0 Å². The van der Waals surface area contributed by atoms with Crippen molar-refractivity contribution in [3.63, 3.8) is 0 Å². The summed E-state index contributed by atoms with van der Waals surface area (Å²) in [5.74, 6) is 2.13. The molecule has 0 radical (unpaired) electrons. The van der Waals surface area contributed by atoms with Gasteiger partial charge in [-0.3, -0.25) is 4.79 Å². The highest BCUT2D eigenvalue weighted by Gasteiger charge is 2.08. The van der Waals surface area contributed by atoms with Crippen LogP contribution in [-0.4, -0.2) is 18.2 Å². The number of hydrogen-bond acceptors (Lipinski definition) is 2. The van der Waals surface area contributed by atoms with Crippen molar-refractivity contribution in [1.29, 1.82) is 0 Å². The van der Waals surface area contributed by atoms with Gasteiger partial charge in [0.1, 0.15) is 0 Å². The van der Waals surface area contributed by atoms with Crippen LogP contribution in [0.15, 0.2) is 24.3 Å². The van der Waals surface area contributed by atoms with Gasteiger partial charge in [0.15, 0.2) is 0 Å². The molecular formula is C17H26ClNOS. The molecule has 1 atom stereocenters. The first kappa shape index (κ1) is 18.4. The molecule has 0 saturated carbocycles. The predicted octanol–water partition coefficient (Wildman–Crippen LogP) is 4.91. The van der Waals surface area contributed by atoms with Crippen molar-refractivity contribution >= 4 is 29.3 Å². The maximum Gasteiger partial charge on any atom is 0.230 e. The Balaban J connectivity index is 2.17. The summed E-state index contributed by atoms with van der Waals surface area (Å²) in [6.07, 6.45) is 4.82. The Morgan fingerprint density at radius 1 is 1.29 bits per heavy atom. The van der Waals surface area contributed by atoms with Gasteiger partial charge in [0.2, 0.25) is 5.91 Å². The maximum atomic E-state index is 11.8. The number of carbonyl (C=O) groups excluding carboxylic acids is 1. The van der Waals surface area contributed by atoms with Crippen LogP contribution in [0.5, 0.6) is 0 Å². The molecule has 1 unspecified atom stereocenters. The van der Waals surface area contributed by atoms with Gasteiger partial charge in [-0.25, -0.2) is 0 Å². The van der Waals surface area contributed by atoms with E-state index in [4.69, 9.17) is 11.6 Å².